The van der Waals surface area contributed by atoms with Crippen molar-refractivity contribution in [3.05, 3.63) is 30.0 Å². The summed E-state index contributed by atoms with van der Waals surface area (Å²) in [5.74, 6) is 1.91. The van der Waals surface area contributed by atoms with E-state index in [1.165, 1.54) is 0 Å². The van der Waals surface area contributed by atoms with Crippen LogP contribution in [0.5, 0.6) is 0 Å². The minimum atomic E-state index is 0.0427. The maximum absolute atomic E-state index is 4.65. The maximum atomic E-state index is 4.65. The Morgan fingerprint density at radius 3 is 2.25 bits per heavy atom. The van der Waals surface area contributed by atoms with Crippen LogP contribution in [0, 0.1) is 6.92 Å². The maximum Gasteiger partial charge on any atom is 0.132 e. The molecule has 0 N–H and O–H groups in total. The van der Waals surface area contributed by atoms with E-state index in [1.54, 1.807) is 17.2 Å². The van der Waals surface area contributed by atoms with Crippen LogP contribution in [0.3, 0.4) is 0 Å². The van der Waals surface area contributed by atoms with E-state index in [4.69, 9.17) is 0 Å². The fourth-order valence-electron chi connectivity index (χ4n) is 2.89. The van der Waals surface area contributed by atoms with Gasteiger partial charge in [-0.2, -0.15) is 15.0 Å². The lowest BCUT2D eigenvalue weighted by atomic mass is 9.92. The van der Waals surface area contributed by atoms with Crippen molar-refractivity contribution in [2.24, 2.45) is 0 Å². The molecule has 3 rings (SSSR count). The summed E-state index contributed by atoms with van der Waals surface area (Å²) in [5, 5.41) is 8.31. The summed E-state index contributed by atoms with van der Waals surface area (Å²) in [6, 6.07) is 2.15. The topological polar surface area (TPSA) is 63.0 Å². The quantitative estimate of drug-likeness (QED) is 0.847. The molecule has 0 bridgehead atoms. The Labute approximate surface area is 143 Å². The lowest BCUT2D eigenvalue weighted by molar-refractivity contribution is 0.239. The zero-order valence-corrected chi connectivity index (χ0v) is 15.1. The second-order valence-corrected chi connectivity index (χ2v) is 7.36. The van der Waals surface area contributed by atoms with Crippen molar-refractivity contribution < 1.29 is 0 Å². The molecule has 0 aromatic carbocycles. The normalized spacial score (nSPS) is 16.6. The molecule has 0 saturated carbocycles. The molecule has 3 heterocycles. The van der Waals surface area contributed by atoms with Crippen LogP contribution in [-0.4, -0.2) is 62.6 Å². The molecule has 0 unspecified atom stereocenters. The van der Waals surface area contributed by atoms with E-state index in [2.05, 4.69) is 56.8 Å². The van der Waals surface area contributed by atoms with Gasteiger partial charge in [0.05, 0.1) is 24.6 Å². The molecule has 7 heteroatoms. The minimum Gasteiger partial charge on any atom is -0.354 e. The Morgan fingerprint density at radius 2 is 1.62 bits per heavy atom. The standard InChI is InChI=1S/C17H27N7/c1-14-20-15(17(2,3)4)13-16(21-14)23-10-7-22(8-11-23)9-12-24-18-5-6-19-24/h5-6,13H,7-12H2,1-4H3. The molecular weight excluding hydrogens is 302 g/mol. The second-order valence-electron chi connectivity index (χ2n) is 7.36. The molecular formula is C17H27N7. The van der Waals surface area contributed by atoms with E-state index in [0.29, 0.717) is 0 Å². The summed E-state index contributed by atoms with van der Waals surface area (Å²) in [4.78, 5) is 15.8. The van der Waals surface area contributed by atoms with Gasteiger partial charge in [0.15, 0.2) is 0 Å². The SMILES string of the molecule is Cc1nc(N2CCN(CCn3nccn3)CC2)cc(C(C)(C)C)n1. The van der Waals surface area contributed by atoms with E-state index in [1.807, 2.05) is 6.92 Å². The highest BCUT2D eigenvalue weighted by Gasteiger charge is 2.22. The smallest absolute Gasteiger partial charge is 0.132 e. The van der Waals surface area contributed by atoms with E-state index in [-0.39, 0.29) is 5.41 Å². The Kier molecular flexibility index (Phi) is 4.80. The van der Waals surface area contributed by atoms with Crippen LogP contribution in [-0.2, 0) is 12.0 Å². The predicted octanol–water partition coefficient (Wildman–Crippen LogP) is 1.50. The van der Waals surface area contributed by atoms with Gasteiger partial charge in [0.2, 0.25) is 0 Å². The Balaban J connectivity index is 1.59. The highest BCUT2D eigenvalue weighted by Crippen LogP contribution is 2.24. The molecule has 1 saturated heterocycles. The first kappa shape index (κ1) is 16.8. The first-order valence-electron chi connectivity index (χ1n) is 8.59. The van der Waals surface area contributed by atoms with Gasteiger partial charge in [-0.25, -0.2) is 9.97 Å². The number of piperazine rings is 1. The summed E-state index contributed by atoms with van der Waals surface area (Å²) in [6.07, 6.45) is 3.45. The fraction of sp³-hybridized carbons (Fsp3) is 0.647. The average Bonchev–Trinajstić information content (AvgIpc) is 3.05. The van der Waals surface area contributed by atoms with Crippen molar-refractivity contribution in [1.82, 2.24) is 29.9 Å². The first-order chi connectivity index (χ1) is 11.4. The number of aryl methyl sites for hydroxylation is 1. The van der Waals surface area contributed by atoms with Gasteiger partial charge in [-0.05, 0) is 6.92 Å². The third-order valence-electron chi connectivity index (χ3n) is 4.37. The van der Waals surface area contributed by atoms with Crippen molar-refractivity contribution in [2.75, 3.05) is 37.6 Å². The lowest BCUT2D eigenvalue weighted by Gasteiger charge is -2.35. The van der Waals surface area contributed by atoms with Gasteiger partial charge in [-0.15, -0.1) is 0 Å². The highest BCUT2D eigenvalue weighted by molar-refractivity contribution is 5.42. The third kappa shape index (κ3) is 4.08. The van der Waals surface area contributed by atoms with Gasteiger partial charge in [0.25, 0.3) is 0 Å². The molecule has 1 aliphatic rings. The molecule has 2 aromatic rings. The summed E-state index contributed by atoms with van der Waals surface area (Å²) < 4.78 is 0. The van der Waals surface area contributed by atoms with Crippen molar-refractivity contribution in [3.8, 4) is 0 Å². The zero-order chi connectivity index (χ0) is 17.2. The van der Waals surface area contributed by atoms with Crippen LogP contribution in [0.25, 0.3) is 0 Å². The predicted molar refractivity (Wildman–Crippen MR) is 94.1 cm³/mol. The average molecular weight is 329 g/mol. The van der Waals surface area contributed by atoms with Crippen LogP contribution in [0.15, 0.2) is 18.5 Å². The van der Waals surface area contributed by atoms with E-state index >= 15 is 0 Å². The van der Waals surface area contributed by atoms with Crippen LogP contribution < -0.4 is 4.90 Å². The molecule has 0 aliphatic carbocycles. The number of rotatable bonds is 4. The number of nitrogens with zero attached hydrogens (tertiary/aromatic N) is 7. The summed E-state index contributed by atoms with van der Waals surface area (Å²) >= 11 is 0. The highest BCUT2D eigenvalue weighted by atomic mass is 15.5. The molecule has 0 atom stereocenters. The Hall–Kier alpha value is -2.02. The van der Waals surface area contributed by atoms with Gasteiger partial charge in [-0.3, -0.25) is 4.90 Å². The largest absolute Gasteiger partial charge is 0.354 e. The summed E-state index contributed by atoms with van der Waals surface area (Å²) in [5.41, 5.74) is 1.15. The Morgan fingerprint density at radius 1 is 0.958 bits per heavy atom. The van der Waals surface area contributed by atoms with Crippen molar-refractivity contribution >= 4 is 5.82 Å². The molecule has 24 heavy (non-hydrogen) atoms. The van der Waals surface area contributed by atoms with Crippen molar-refractivity contribution in [3.63, 3.8) is 0 Å². The van der Waals surface area contributed by atoms with Gasteiger partial charge in [0, 0.05) is 44.2 Å². The lowest BCUT2D eigenvalue weighted by Crippen LogP contribution is -2.47. The number of hydrogen-bond donors (Lipinski definition) is 0. The summed E-state index contributed by atoms with van der Waals surface area (Å²) in [7, 11) is 0. The van der Waals surface area contributed by atoms with E-state index in [9.17, 15) is 0 Å². The molecule has 130 valence electrons. The molecule has 0 radical (unpaired) electrons. The van der Waals surface area contributed by atoms with Gasteiger partial charge >= 0.3 is 0 Å². The van der Waals surface area contributed by atoms with Gasteiger partial charge in [0.1, 0.15) is 11.6 Å². The monoisotopic (exact) mass is 329 g/mol. The molecule has 0 spiro atoms. The van der Waals surface area contributed by atoms with Crippen molar-refractivity contribution in [2.45, 2.75) is 39.7 Å². The Bertz CT molecular complexity index is 652. The van der Waals surface area contributed by atoms with Crippen LogP contribution >= 0.6 is 0 Å². The molecule has 1 aliphatic heterocycles. The number of anilines is 1. The summed E-state index contributed by atoms with van der Waals surface area (Å²) in [6.45, 7) is 14.4. The number of aromatic nitrogens is 5. The minimum absolute atomic E-state index is 0.0427. The zero-order valence-electron chi connectivity index (χ0n) is 15.1. The second kappa shape index (κ2) is 6.84. The van der Waals surface area contributed by atoms with E-state index in [0.717, 1.165) is 56.6 Å². The number of hydrogen-bond acceptors (Lipinski definition) is 6. The molecule has 7 nitrogen and oxygen atoms in total. The van der Waals surface area contributed by atoms with Crippen LogP contribution in [0.1, 0.15) is 32.3 Å². The third-order valence-corrected chi connectivity index (χ3v) is 4.37. The molecule has 1 fully saturated rings. The van der Waals surface area contributed by atoms with E-state index < -0.39 is 0 Å². The van der Waals surface area contributed by atoms with Crippen molar-refractivity contribution in [1.29, 1.82) is 0 Å². The van der Waals surface area contributed by atoms with Crippen LogP contribution in [0.4, 0.5) is 5.82 Å². The van der Waals surface area contributed by atoms with Crippen LogP contribution in [0.2, 0.25) is 0 Å². The molecule has 0 amide bonds. The fourth-order valence-corrected chi connectivity index (χ4v) is 2.89. The van der Waals surface area contributed by atoms with Gasteiger partial charge in [-0.1, -0.05) is 20.8 Å². The molecule has 2 aromatic heterocycles. The first-order valence-corrected chi connectivity index (χ1v) is 8.59. The van der Waals surface area contributed by atoms with Gasteiger partial charge < -0.3 is 4.90 Å².